The molecule has 2 aromatic carbocycles. The zero-order chi connectivity index (χ0) is 26.2. The molecule has 10 nitrogen and oxygen atoms in total. The van der Waals surface area contributed by atoms with Gasteiger partial charge in [0.2, 0.25) is 5.91 Å². The first-order chi connectivity index (χ1) is 16.4. The molecule has 0 fully saturated rings. The molecule has 2 amide bonds. The second-order valence-electron chi connectivity index (χ2n) is 6.98. The molecule has 13 heteroatoms. The summed E-state index contributed by atoms with van der Waals surface area (Å²) >= 11 is 0. The number of benzene rings is 2. The van der Waals surface area contributed by atoms with Gasteiger partial charge in [0, 0.05) is 12.1 Å². The molecule has 0 radical (unpaired) electrons. The van der Waals surface area contributed by atoms with Crippen molar-refractivity contribution in [1.82, 2.24) is 5.32 Å². The molecule has 35 heavy (non-hydrogen) atoms. The molecule has 0 saturated carbocycles. The van der Waals surface area contributed by atoms with Crippen LogP contribution in [0.25, 0.3) is 6.08 Å². The first-order valence-corrected chi connectivity index (χ1v) is 9.85. The summed E-state index contributed by atoms with van der Waals surface area (Å²) in [5.74, 6) is -1.98. The van der Waals surface area contributed by atoms with E-state index in [0.29, 0.717) is 17.4 Å². The number of nitro groups is 1. The van der Waals surface area contributed by atoms with Crippen LogP contribution < -0.4 is 15.4 Å². The number of amides is 2. The Bertz CT molecular complexity index is 1130. The van der Waals surface area contributed by atoms with Gasteiger partial charge in [0.1, 0.15) is 17.5 Å². The number of hydrogen-bond acceptors (Lipinski definition) is 7. The van der Waals surface area contributed by atoms with Gasteiger partial charge in [-0.05, 0) is 42.8 Å². The van der Waals surface area contributed by atoms with E-state index < -0.39 is 58.5 Å². The van der Waals surface area contributed by atoms with Crippen LogP contribution in [0, 0.1) is 10.1 Å². The van der Waals surface area contributed by atoms with Crippen molar-refractivity contribution in [2.75, 3.05) is 19.0 Å². The van der Waals surface area contributed by atoms with Crippen molar-refractivity contribution in [3.63, 3.8) is 0 Å². The van der Waals surface area contributed by atoms with Crippen molar-refractivity contribution >= 4 is 35.2 Å². The van der Waals surface area contributed by atoms with Crippen LogP contribution >= 0.6 is 0 Å². The second-order valence-corrected chi connectivity index (χ2v) is 6.98. The number of carbonyl (C=O) groups excluding carboxylic acids is 3. The standard InChI is InChI=1S/C22H20F3N3O7/c1-13(26-19(29)10-5-14-3-7-16(34-2)8-4-14)21(31)35-12-20(30)27-17-9-6-15(22(23,24)25)11-18(17)28(32)33/h3-11,13H,12H2,1-2H3,(H,26,29)(H,27,30)/b10-5+/t13-/m0/s1. The molecule has 0 aliphatic carbocycles. The minimum Gasteiger partial charge on any atom is -0.497 e. The summed E-state index contributed by atoms with van der Waals surface area (Å²) in [6.45, 7) is 0.416. The highest BCUT2D eigenvalue weighted by atomic mass is 19.4. The highest BCUT2D eigenvalue weighted by molar-refractivity contribution is 5.96. The molecule has 0 spiro atoms. The van der Waals surface area contributed by atoms with E-state index in [1.807, 2.05) is 5.32 Å². The predicted molar refractivity (Wildman–Crippen MR) is 117 cm³/mol. The smallest absolute Gasteiger partial charge is 0.416 e. The van der Waals surface area contributed by atoms with E-state index in [1.165, 1.54) is 26.2 Å². The van der Waals surface area contributed by atoms with Gasteiger partial charge in [0.15, 0.2) is 6.61 Å². The normalized spacial score (nSPS) is 12.0. The van der Waals surface area contributed by atoms with Crippen molar-refractivity contribution < 1.29 is 42.0 Å². The van der Waals surface area contributed by atoms with E-state index >= 15 is 0 Å². The lowest BCUT2D eigenvalue weighted by Gasteiger charge is -2.13. The van der Waals surface area contributed by atoms with E-state index in [-0.39, 0.29) is 6.07 Å². The number of carbonyl (C=O) groups is 3. The maximum absolute atomic E-state index is 12.8. The SMILES string of the molecule is COc1ccc(/C=C/C(=O)N[C@@H](C)C(=O)OCC(=O)Nc2ccc(C(F)(F)F)cc2[N+](=O)[O-])cc1. The number of rotatable bonds is 9. The summed E-state index contributed by atoms with van der Waals surface area (Å²) in [6, 6.07) is 7.23. The molecule has 0 aliphatic rings. The maximum atomic E-state index is 12.8. The Hall–Kier alpha value is -4.42. The number of anilines is 1. The van der Waals surface area contributed by atoms with Crippen LogP contribution in [0.1, 0.15) is 18.1 Å². The number of ether oxygens (including phenoxy) is 2. The molecular weight excluding hydrogens is 475 g/mol. The lowest BCUT2D eigenvalue weighted by Crippen LogP contribution is -2.39. The Kier molecular flexibility index (Phi) is 8.91. The first-order valence-electron chi connectivity index (χ1n) is 9.85. The average molecular weight is 495 g/mol. The summed E-state index contributed by atoms with van der Waals surface area (Å²) < 4.78 is 48.1. The topological polar surface area (TPSA) is 137 Å². The number of nitrogens with zero attached hydrogens (tertiary/aromatic N) is 1. The van der Waals surface area contributed by atoms with Gasteiger partial charge in [-0.3, -0.25) is 19.7 Å². The Morgan fingerprint density at radius 2 is 1.80 bits per heavy atom. The quantitative estimate of drug-likeness (QED) is 0.236. The summed E-state index contributed by atoms with van der Waals surface area (Å²) in [7, 11) is 1.51. The molecule has 186 valence electrons. The number of nitro benzene ring substituents is 1. The van der Waals surface area contributed by atoms with E-state index in [0.717, 1.165) is 6.07 Å². The van der Waals surface area contributed by atoms with E-state index in [4.69, 9.17) is 9.47 Å². The molecule has 0 heterocycles. The Balaban J connectivity index is 1.88. The summed E-state index contributed by atoms with van der Waals surface area (Å²) in [5.41, 5.74) is -2.05. The lowest BCUT2D eigenvalue weighted by atomic mass is 10.1. The Morgan fingerprint density at radius 1 is 1.14 bits per heavy atom. The molecule has 0 unspecified atom stereocenters. The van der Waals surface area contributed by atoms with Gasteiger partial charge in [-0.15, -0.1) is 0 Å². The van der Waals surface area contributed by atoms with Crippen molar-refractivity contribution in [2.24, 2.45) is 0 Å². The lowest BCUT2D eigenvalue weighted by molar-refractivity contribution is -0.384. The van der Waals surface area contributed by atoms with Gasteiger partial charge in [-0.25, -0.2) is 4.79 Å². The van der Waals surface area contributed by atoms with Crippen LogP contribution in [0.3, 0.4) is 0 Å². The largest absolute Gasteiger partial charge is 0.497 e. The zero-order valence-electron chi connectivity index (χ0n) is 18.4. The first kappa shape index (κ1) is 26.8. The average Bonchev–Trinajstić information content (AvgIpc) is 2.80. The van der Waals surface area contributed by atoms with Crippen LogP contribution in [0.5, 0.6) is 5.75 Å². The van der Waals surface area contributed by atoms with Crippen LogP contribution in [0.2, 0.25) is 0 Å². The third kappa shape index (κ3) is 8.14. The predicted octanol–water partition coefficient (Wildman–Crippen LogP) is 3.32. The van der Waals surface area contributed by atoms with Crippen molar-refractivity contribution in [3.05, 3.63) is 69.8 Å². The van der Waals surface area contributed by atoms with Crippen LogP contribution in [0.4, 0.5) is 24.5 Å². The van der Waals surface area contributed by atoms with Crippen LogP contribution in [-0.2, 0) is 25.3 Å². The van der Waals surface area contributed by atoms with Crippen molar-refractivity contribution in [3.8, 4) is 5.75 Å². The van der Waals surface area contributed by atoms with Crippen LogP contribution in [0.15, 0.2) is 48.5 Å². The minimum atomic E-state index is -4.81. The molecule has 0 aromatic heterocycles. The maximum Gasteiger partial charge on any atom is 0.416 e. The van der Waals surface area contributed by atoms with Gasteiger partial charge >= 0.3 is 12.1 Å². The number of halogens is 3. The van der Waals surface area contributed by atoms with E-state index in [2.05, 4.69) is 5.32 Å². The van der Waals surface area contributed by atoms with Crippen LogP contribution in [-0.4, -0.2) is 42.5 Å². The minimum absolute atomic E-state index is 0.276. The zero-order valence-corrected chi connectivity index (χ0v) is 18.4. The van der Waals surface area contributed by atoms with E-state index in [1.54, 1.807) is 24.3 Å². The number of alkyl halides is 3. The molecule has 1 atom stereocenters. The molecule has 0 aliphatic heterocycles. The molecule has 0 saturated heterocycles. The highest BCUT2D eigenvalue weighted by Crippen LogP contribution is 2.34. The van der Waals surface area contributed by atoms with Crippen molar-refractivity contribution in [1.29, 1.82) is 0 Å². The fraction of sp³-hybridized carbons (Fsp3) is 0.227. The van der Waals surface area contributed by atoms with Gasteiger partial charge in [-0.1, -0.05) is 12.1 Å². The number of methoxy groups -OCH3 is 1. The third-order valence-electron chi connectivity index (χ3n) is 4.40. The fourth-order valence-corrected chi connectivity index (χ4v) is 2.62. The summed E-state index contributed by atoms with van der Waals surface area (Å²) in [5, 5.41) is 15.4. The molecule has 0 bridgehead atoms. The number of nitrogens with one attached hydrogen (secondary N) is 2. The molecule has 2 N–H and O–H groups in total. The van der Waals surface area contributed by atoms with Gasteiger partial charge < -0.3 is 20.1 Å². The van der Waals surface area contributed by atoms with Gasteiger partial charge in [0.25, 0.3) is 11.6 Å². The molecular formula is C22H20F3N3O7. The van der Waals surface area contributed by atoms with Gasteiger partial charge in [-0.2, -0.15) is 13.2 Å². The fourth-order valence-electron chi connectivity index (χ4n) is 2.62. The number of esters is 1. The number of hydrogen-bond donors (Lipinski definition) is 2. The molecule has 2 rings (SSSR count). The third-order valence-corrected chi connectivity index (χ3v) is 4.40. The summed E-state index contributed by atoms with van der Waals surface area (Å²) in [6.07, 6.45) is -2.13. The van der Waals surface area contributed by atoms with Gasteiger partial charge in [0.05, 0.1) is 17.6 Å². The highest BCUT2D eigenvalue weighted by Gasteiger charge is 2.33. The molecule has 2 aromatic rings. The summed E-state index contributed by atoms with van der Waals surface area (Å²) in [4.78, 5) is 46.0. The second kappa shape index (κ2) is 11.6. The van der Waals surface area contributed by atoms with Crippen molar-refractivity contribution in [2.45, 2.75) is 19.1 Å². The Morgan fingerprint density at radius 3 is 2.37 bits per heavy atom. The monoisotopic (exact) mass is 495 g/mol. The van der Waals surface area contributed by atoms with E-state index in [9.17, 15) is 37.7 Å². The Labute approximate surface area is 196 Å².